The molecule has 0 aliphatic heterocycles. The van der Waals surface area contributed by atoms with Crippen molar-refractivity contribution in [1.29, 1.82) is 0 Å². The Morgan fingerprint density at radius 3 is 2.38 bits per heavy atom. The van der Waals surface area contributed by atoms with Crippen LogP contribution in [0.4, 0.5) is 5.69 Å². The molecule has 0 spiro atoms. The molecular formula is C14H21NO. The zero-order valence-corrected chi connectivity index (χ0v) is 10.8. The molecule has 88 valence electrons. The fourth-order valence-corrected chi connectivity index (χ4v) is 1.55. The van der Waals surface area contributed by atoms with Crippen LogP contribution in [-0.4, -0.2) is 12.3 Å². The molecule has 1 N–H and O–H groups in total. The third-order valence-electron chi connectivity index (χ3n) is 2.62. The maximum absolute atomic E-state index is 10.9. The minimum atomic E-state index is 0.152. The van der Waals surface area contributed by atoms with Gasteiger partial charge in [-0.15, -0.1) is 0 Å². The lowest BCUT2D eigenvalue weighted by atomic mass is 9.86. The molecule has 2 heteroatoms. The molecule has 0 radical (unpaired) electrons. The number of hydrogen-bond acceptors (Lipinski definition) is 2. The van der Waals surface area contributed by atoms with Crippen molar-refractivity contribution in [3.05, 3.63) is 29.3 Å². The van der Waals surface area contributed by atoms with E-state index in [1.165, 1.54) is 11.1 Å². The van der Waals surface area contributed by atoms with Gasteiger partial charge in [-0.3, -0.25) is 4.79 Å². The number of hydrogen-bond donors (Lipinski definition) is 1. The van der Waals surface area contributed by atoms with Crippen LogP contribution in [0.15, 0.2) is 18.2 Å². The Bertz CT molecular complexity index is 388. The smallest absolute Gasteiger partial charge is 0.148 e. The van der Waals surface area contributed by atoms with Gasteiger partial charge in [0.15, 0.2) is 0 Å². The van der Waals surface area contributed by atoms with Crippen molar-refractivity contribution in [3.63, 3.8) is 0 Å². The number of aryl methyl sites for hydroxylation is 1. The van der Waals surface area contributed by atoms with Crippen LogP contribution in [0.1, 0.15) is 38.8 Å². The second kappa shape index (κ2) is 4.69. The van der Waals surface area contributed by atoms with Crippen molar-refractivity contribution in [1.82, 2.24) is 0 Å². The molecule has 0 unspecified atom stereocenters. The quantitative estimate of drug-likeness (QED) is 0.845. The van der Waals surface area contributed by atoms with E-state index < -0.39 is 0 Å². The number of Topliss-reactive ketones (excluding diaryl/α,β-unsaturated/α-hetero) is 1. The molecule has 0 saturated carbocycles. The van der Waals surface area contributed by atoms with E-state index in [1.807, 2.05) is 0 Å². The molecule has 0 aliphatic rings. The topological polar surface area (TPSA) is 29.1 Å². The summed E-state index contributed by atoms with van der Waals surface area (Å²) in [6.07, 6.45) is 0. The molecular weight excluding hydrogens is 198 g/mol. The van der Waals surface area contributed by atoms with Gasteiger partial charge in [-0.05, 0) is 36.5 Å². The number of ketones is 1. The second-order valence-corrected chi connectivity index (χ2v) is 5.34. The molecule has 1 rings (SSSR count). The molecule has 0 saturated heterocycles. The number of carbonyl (C=O) groups is 1. The lowest BCUT2D eigenvalue weighted by molar-refractivity contribution is -0.115. The van der Waals surface area contributed by atoms with Crippen LogP contribution in [-0.2, 0) is 10.2 Å². The van der Waals surface area contributed by atoms with Gasteiger partial charge in [-0.2, -0.15) is 0 Å². The maximum Gasteiger partial charge on any atom is 0.148 e. The molecule has 1 aromatic rings. The average molecular weight is 219 g/mol. The van der Waals surface area contributed by atoms with Crippen LogP contribution in [0.5, 0.6) is 0 Å². The van der Waals surface area contributed by atoms with Gasteiger partial charge in [0.25, 0.3) is 0 Å². The van der Waals surface area contributed by atoms with Gasteiger partial charge >= 0.3 is 0 Å². The summed E-state index contributed by atoms with van der Waals surface area (Å²) in [4.78, 5) is 10.9. The molecule has 0 heterocycles. The highest BCUT2D eigenvalue weighted by atomic mass is 16.1. The first kappa shape index (κ1) is 12.8. The number of rotatable bonds is 3. The summed E-state index contributed by atoms with van der Waals surface area (Å²) in [5, 5.41) is 3.14. The van der Waals surface area contributed by atoms with Gasteiger partial charge in [0, 0.05) is 5.69 Å². The first-order valence-corrected chi connectivity index (χ1v) is 5.65. The first-order chi connectivity index (χ1) is 7.30. The SMILES string of the molecule is CC(=O)CNc1ccc(C(C)(C)C)cc1C. The van der Waals surface area contributed by atoms with E-state index in [4.69, 9.17) is 0 Å². The molecule has 0 atom stereocenters. The average Bonchev–Trinajstić information content (AvgIpc) is 2.14. The number of carbonyl (C=O) groups excluding carboxylic acids is 1. The van der Waals surface area contributed by atoms with E-state index in [-0.39, 0.29) is 11.2 Å². The largest absolute Gasteiger partial charge is 0.378 e. The molecule has 0 aromatic heterocycles. The predicted molar refractivity (Wildman–Crippen MR) is 69.0 cm³/mol. The fraction of sp³-hybridized carbons (Fsp3) is 0.500. The van der Waals surface area contributed by atoms with Crippen molar-refractivity contribution >= 4 is 11.5 Å². The molecule has 0 bridgehead atoms. The molecule has 2 nitrogen and oxygen atoms in total. The summed E-state index contributed by atoms with van der Waals surface area (Å²) < 4.78 is 0. The minimum absolute atomic E-state index is 0.152. The standard InChI is InChI=1S/C14H21NO/c1-10-8-12(14(3,4)5)6-7-13(10)15-9-11(2)16/h6-8,15H,9H2,1-5H3. The van der Waals surface area contributed by atoms with E-state index in [2.05, 4.69) is 51.2 Å². The molecule has 0 fully saturated rings. The van der Waals surface area contributed by atoms with Gasteiger partial charge < -0.3 is 5.32 Å². The minimum Gasteiger partial charge on any atom is -0.378 e. The van der Waals surface area contributed by atoms with Crippen LogP contribution < -0.4 is 5.32 Å². The maximum atomic E-state index is 10.9. The van der Waals surface area contributed by atoms with E-state index in [9.17, 15) is 4.79 Å². The predicted octanol–water partition coefficient (Wildman–Crippen LogP) is 3.29. The Morgan fingerprint density at radius 2 is 1.94 bits per heavy atom. The number of benzene rings is 1. The molecule has 0 amide bonds. The zero-order valence-electron chi connectivity index (χ0n) is 10.8. The third-order valence-corrected chi connectivity index (χ3v) is 2.62. The summed E-state index contributed by atoms with van der Waals surface area (Å²) in [6, 6.07) is 6.36. The summed E-state index contributed by atoms with van der Waals surface area (Å²) >= 11 is 0. The van der Waals surface area contributed by atoms with Gasteiger partial charge in [-0.1, -0.05) is 32.9 Å². The molecule has 16 heavy (non-hydrogen) atoms. The Labute approximate surface area is 98.1 Å². The lowest BCUT2D eigenvalue weighted by Gasteiger charge is -2.20. The van der Waals surface area contributed by atoms with Gasteiger partial charge in [0.05, 0.1) is 6.54 Å². The van der Waals surface area contributed by atoms with E-state index in [1.54, 1.807) is 6.92 Å². The van der Waals surface area contributed by atoms with Gasteiger partial charge in [0.1, 0.15) is 5.78 Å². The Kier molecular flexibility index (Phi) is 3.74. The summed E-state index contributed by atoms with van der Waals surface area (Å²) in [6.45, 7) is 10.7. The van der Waals surface area contributed by atoms with Crippen LogP contribution in [0.2, 0.25) is 0 Å². The van der Waals surface area contributed by atoms with Crippen molar-refractivity contribution in [2.75, 3.05) is 11.9 Å². The van der Waals surface area contributed by atoms with E-state index in [0.717, 1.165) is 5.69 Å². The van der Waals surface area contributed by atoms with Gasteiger partial charge in [-0.25, -0.2) is 0 Å². The van der Waals surface area contributed by atoms with Crippen molar-refractivity contribution in [2.45, 2.75) is 40.0 Å². The van der Waals surface area contributed by atoms with Crippen LogP contribution in [0.25, 0.3) is 0 Å². The number of anilines is 1. The Balaban J connectivity index is 2.88. The van der Waals surface area contributed by atoms with Gasteiger partial charge in [0.2, 0.25) is 0 Å². The normalized spacial score (nSPS) is 11.3. The van der Waals surface area contributed by atoms with Crippen molar-refractivity contribution in [3.8, 4) is 0 Å². The van der Waals surface area contributed by atoms with Crippen LogP contribution in [0.3, 0.4) is 0 Å². The highest BCUT2D eigenvalue weighted by molar-refractivity contribution is 5.80. The van der Waals surface area contributed by atoms with Crippen LogP contribution in [0, 0.1) is 6.92 Å². The van der Waals surface area contributed by atoms with Crippen molar-refractivity contribution in [2.24, 2.45) is 0 Å². The summed E-state index contributed by atoms with van der Waals surface area (Å²) in [5.41, 5.74) is 3.72. The zero-order chi connectivity index (χ0) is 12.3. The van der Waals surface area contributed by atoms with E-state index in [0.29, 0.717) is 6.54 Å². The highest BCUT2D eigenvalue weighted by Gasteiger charge is 2.14. The monoisotopic (exact) mass is 219 g/mol. The summed E-state index contributed by atoms with van der Waals surface area (Å²) in [5.74, 6) is 0.152. The Hall–Kier alpha value is -1.31. The summed E-state index contributed by atoms with van der Waals surface area (Å²) in [7, 11) is 0. The number of nitrogens with one attached hydrogen (secondary N) is 1. The second-order valence-electron chi connectivity index (χ2n) is 5.34. The first-order valence-electron chi connectivity index (χ1n) is 5.65. The molecule has 0 aliphatic carbocycles. The fourth-order valence-electron chi connectivity index (χ4n) is 1.55. The van der Waals surface area contributed by atoms with Crippen molar-refractivity contribution < 1.29 is 4.79 Å². The van der Waals surface area contributed by atoms with E-state index >= 15 is 0 Å². The Morgan fingerprint density at radius 1 is 1.31 bits per heavy atom. The lowest BCUT2D eigenvalue weighted by Crippen LogP contribution is -2.13. The highest BCUT2D eigenvalue weighted by Crippen LogP contribution is 2.26. The van der Waals surface area contributed by atoms with Crippen LogP contribution >= 0.6 is 0 Å². The molecule has 1 aromatic carbocycles. The third kappa shape index (κ3) is 3.37.